The molecule has 0 amide bonds. The van der Waals surface area contributed by atoms with Crippen LogP contribution in [0.1, 0.15) is 11.4 Å². The zero-order valence-corrected chi connectivity index (χ0v) is 9.98. The van der Waals surface area contributed by atoms with Gasteiger partial charge < -0.3 is 10.3 Å². The van der Waals surface area contributed by atoms with Crippen molar-refractivity contribution in [2.75, 3.05) is 6.54 Å². The van der Waals surface area contributed by atoms with E-state index < -0.39 is 0 Å². The topological polar surface area (TPSA) is 69.4 Å². The summed E-state index contributed by atoms with van der Waals surface area (Å²) in [6.45, 7) is 1.75. The van der Waals surface area contributed by atoms with E-state index in [1.807, 2.05) is 6.20 Å². The standard InChI is InChI=1S/C13H15N5/c1-2-11-3-6-15-12(11)7-10(1)8-14-5-4-13-16-9-17-18-13/h1-3,6-7,9,14-15H,4-5,8H2,(H,16,17,18). The molecule has 0 aliphatic rings. The Morgan fingerprint density at radius 2 is 2.22 bits per heavy atom. The molecule has 0 bridgehead atoms. The summed E-state index contributed by atoms with van der Waals surface area (Å²) in [7, 11) is 0. The van der Waals surface area contributed by atoms with Gasteiger partial charge in [0.05, 0.1) is 0 Å². The molecule has 18 heavy (non-hydrogen) atoms. The maximum absolute atomic E-state index is 4.08. The fourth-order valence-corrected chi connectivity index (χ4v) is 2.00. The van der Waals surface area contributed by atoms with Crippen LogP contribution in [0.2, 0.25) is 0 Å². The second-order valence-corrected chi connectivity index (χ2v) is 4.26. The van der Waals surface area contributed by atoms with Gasteiger partial charge in [-0.05, 0) is 23.1 Å². The molecule has 0 radical (unpaired) electrons. The lowest BCUT2D eigenvalue weighted by Crippen LogP contribution is -2.17. The van der Waals surface area contributed by atoms with E-state index >= 15 is 0 Å². The summed E-state index contributed by atoms with van der Waals surface area (Å²) < 4.78 is 0. The molecule has 2 aromatic heterocycles. The molecule has 2 heterocycles. The number of rotatable bonds is 5. The highest BCUT2D eigenvalue weighted by atomic mass is 15.2. The molecule has 0 saturated carbocycles. The maximum Gasteiger partial charge on any atom is 0.137 e. The molecule has 1 aromatic carbocycles. The van der Waals surface area contributed by atoms with Crippen molar-refractivity contribution in [3.8, 4) is 0 Å². The van der Waals surface area contributed by atoms with Gasteiger partial charge >= 0.3 is 0 Å². The first-order valence-electron chi connectivity index (χ1n) is 6.03. The van der Waals surface area contributed by atoms with Crippen LogP contribution in [0.5, 0.6) is 0 Å². The van der Waals surface area contributed by atoms with Crippen molar-refractivity contribution < 1.29 is 0 Å². The number of nitrogens with zero attached hydrogens (tertiary/aromatic N) is 2. The highest BCUT2D eigenvalue weighted by Gasteiger charge is 1.98. The highest BCUT2D eigenvalue weighted by Crippen LogP contribution is 2.13. The molecule has 0 fully saturated rings. The van der Waals surface area contributed by atoms with Gasteiger partial charge in [-0.25, -0.2) is 4.98 Å². The minimum absolute atomic E-state index is 0.864. The van der Waals surface area contributed by atoms with Crippen LogP contribution in [0.25, 0.3) is 10.9 Å². The van der Waals surface area contributed by atoms with Crippen LogP contribution in [0, 0.1) is 0 Å². The molecule has 5 heteroatoms. The van der Waals surface area contributed by atoms with Gasteiger partial charge in [0, 0.05) is 31.2 Å². The molecule has 5 nitrogen and oxygen atoms in total. The number of aromatic amines is 2. The number of hydrogen-bond donors (Lipinski definition) is 3. The summed E-state index contributed by atoms with van der Waals surface area (Å²) in [5, 5.41) is 11.3. The average molecular weight is 241 g/mol. The largest absolute Gasteiger partial charge is 0.361 e. The third-order valence-corrected chi connectivity index (χ3v) is 2.95. The van der Waals surface area contributed by atoms with Gasteiger partial charge in [-0.3, -0.25) is 5.10 Å². The SMILES string of the molecule is c1n[nH]c(CCNCc2ccc3cc[nH]c3c2)n1. The fourth-order valence-electron chi connectivity index (χ4n) is 2.00. The van der Waals surface area contributed by atoms with Crippen LogP contribution in [-0.2, 0) is 13.0 Å². The lowest BCUT2D eigenvalue weighted by molar-refractivity contribution is 0.672. The van der Waals surface area contributed by atoms with E-state index in [0.717, 1.165) is 25.3 Å². The first-order valence-corrected chi connectivity index (χ1v) is 6.03. The van der Waals surface area contributed by atoms with Crippen LogP contribution in [-0.4, -0.2) is 26.7 Å². The first-order chi connectivity index (χ1) is 8.92. The molecule has 92 valence electrons. The van der Waals surface area contributed by atoms with E-state index in [4.69, 9.17) is 0 Å². The predicted molar refractivity (Wildman–Crippen MR) is 70.1 cm³/mol. The van der Waals surface area contributed by atoms with Crippen molar-refractivity contribution >= 4 is 10.9 Å². The number of fused-ring (bicyclic) bond motifs is 1. The minimum Gasteiger partial charge on any atom is -0.361 e. The summed E-state index contributed by atoms with van der Waals surface area (Å²) >= 11 is 0. The Morgan fingerprint density at radius 3 is 3.11 bits per heavy atom. The summed E-state index contributed by atoms with van der Waals surface area (Å²) in [4.78, 5) is 7.30. The molecule has 0 spiro atoms. The smallest absolute Gasteiger partial charge is 0.137 e. The third kappa shape index (κ3) is 2.41. The van der Waals surface area contributed by atoms with Crippen molar-refractivity contribution in [2.45, 2.75) is 13.0 Å². The number of hydrogen-bond acceptors (Lipinski definition) is 3. The van der Waals surface area contributed by atoms with Gasteiger partial charge in [0.25, 0.3) is 0 Å². The quantitative estimate of drug-likeness (QED) is 0.594. The molecular formula is C13H15N5. The predicted octanol–water partition coefficient (Wildman–Crippen LogP) is 1.62. The summed E-state index contributed by atoms with van der Waals surface area (Å²) in [5.41, 5.74) is 2.46. The van der Waals surface area contributed by atoms with Gasteiger partial charge in [-0.15, -0.1) is 0 Å². The van der Waals surface area contributed by atoms with Crippen LogP contribution < -0.4 is 5.32 Å². The van der Waals surface area contributed by atoms with Gasteiger partial charge in [-0.2, -0.15) is 5.10 Å². The molecule has 0 aliphatic heterocycles. The zero-order chi connectivity index (χ0) is 12.2. The van der Waals surface area contributed by atoms with E-state index in [9.17, 15) is 0 Å². The van der Waals surface area contributed by atoms with Crippen molar-refractivity contribution in [1.29, 1.82) is 0 Å². The zero-order valence-electron chi connectivity index (χ0n) is 9.98. The Hall–Kier alpha value is -2.14. The average Bonchev–Trinajstić information content (AvgIpc) is 3.05. The van der Waals surface area contributed by atoms with Crippen molar-refractivity contribution in [1.82, 2.24) is 25.5 Å². The first kappa shape index (κ1) is 11.0. The molecular weight excluding hydrogens is 226 g/mol. The molecule has 3 rings (SSSR count). The van der Waals surface area contributed by atoms with Crippen LogP contribution in [0.15, 0.2) is 36.8 Å². The fraction of sp³-hybridized carbons (Fsp3) is 0.231. The van der Waals surface area contributed by atoms with E-state index in [-0.39, 0.29) is 0 Å². The van der Waals surface area contributed by atoms with Gasteiger partial charge in [0.15, 0.2) is 0 Å². The normalized spacial score (nSPS) is 11.1. The minimum atomic E-state index is 0.864. The molecule has 0 aliphatic carbocycles. The summed E-state index contributed by atoms with van der Waals surface area (Å²) in [5.74, 6) is 0.919. The number of benzene rings is 1. The maximum atomic E-state index is 4.08. The molecule has 0 saturated heterocycles. The Morgan fingerprint density at radius 1 is 1.22 bits per heavy atom. The highest BCUT2D eigenvalue weighted by molar-refractivity contribution is 5.79. The third-order valence-electron chi connectivity index (χ3n) is 2.95. The van der Waals surface area contributed by atoms with Crippen LogP contribution >= 0.6 is 0 Å². The van der Waals surface area contributed by atoms with Gasteiger partial charge in [0.2, 0.25) is 0 Å². The monoisotopic (exact) mass is 241 g/mol. The Kier molecular flexibility index (Phi) is 3.06. The molecule has 3 N–H and O–H groups in total. The Bertz CT molecular complexity index is 611. The molecule has 0 unspecified atom stereocenters. The lowest BCUT2D eigenvalue weighted by Gasteiger charge is -2.04. The van der Waals surface area contributed by atoms with E-state index in [0.29, 0.717) is 0 Å². The Balaban J connectivity index is 1.53. The van der Waals surface area contributed by atoms with Crippen LogP contribution in [0.3, 0.4) is 0 Å². The van der Waals surface area contributed by atoms with Crippen molar-refractivity contribution in [2.24, 2.45) is 0 Å². The van der Waals surface area contributed by atoms with E-state index in [2.05, 4.69) is 49.7 Å². The second kappa shape index (κ2) is 5.01. The molecule has 3 aromatic rings. The second-order valence-electron chi connectivity index (χ2n) is 4.26. The summed E-state index contributed by atoms with van der Waals surface area (Å²) in [6.07, 6.45) is 4.37. The van der Waals surface area contributed by atoms with Crippen molar-refractivity contribution in [3.05, 3.63) is 48.2 Å². The summed E-state index contributed by atoms with van der Waals surface area (Å²) in [6, 6.07) is 8.55. The number of H-pyrrole nitrogens is 2. The number of nitrogens with one attached hydrogen (secondary N) is 3. The lowest BCUT2D eigenvalue weighted by atomic mass is 10.1. The van der Waals surface area contributed by atoms with E-state index in [1.54, 1.807) is 0 Å². The molecule has 0 atom stereocenters. The number of aromatic nitrogens is 4. The van der Waals surface area contributed by atoms with Gasteiger partial charge in [-0.1, -0.05) is 12.1 Å². The van der Waals surface area contributed by atoms with E-state index in [1.165, 1.54) is 22.8 Å². The Labute approximate surface area is 105 Å². The van der Waals surface area contributed by atoms with Crippen LogP contribution in [0.4, 0.5) is 0 Å². The van der Waals surface area contributed by atoms with Crippen molar-refractivity contribution in [3.63, 3.8) is 0 Å². The van der Waals surface area contributed by atoms with Gasteiger partial charge in [0.1, 0.15) is 12.2 Å².